The fourth-order valence-corrected chi connectivity index (χ4v) is 5.68. The van der Waals surface area contributed by atoms with Crippen LogP contribution >= 0.6 is 0 Å². The number of hydrogen-bond donors (Lipinski definition) is 2. The van der Waals surface area contributed by atoms with E-state index in [-0.39, 0.29) is 49.1 Å². The summed E-state index contributed by atoms with van der Waals surface area (Å²) >= 11 is 0. The SMILES string of the molecule is C[C@H](CO)CN1[C@H](c2c(F)cc(OCCN3CC(CF)C3)cc2F)c2[nH]c3ccccc3c2C[C@H]1C. The topological polar surface area (TPSA) is 51.7 Å². The van der Waals surface area contributed by atoms with Crippen molar-refractivity contribution in [1.82, 2.24) is 14.8 Å². The second kappa shape index (κ2) is 10.4. The van der Waals surface area contributed by atoms with E-state index in [9.17, 15) is 9.50 Å². The lowest BCUT2D eigenvalue weighted by molar-refractivity contribution is 0.0667. The molecule has 0 radical (unpaired) electrons. The summed E-state index contributed by atoms with van der Waals surface area (Å²) in [5, 5.41) is 10.8. The molecule has 3 atom stereocenters. The molecule has 0 amide bonds. The molecule has 194 valence electrons. The Bertz CT molecular complexity index is 1190. The van der Waals surface area contributed by atoms with Gasteiger partial charge in [0.15, 0.2) is 0 Å². The first-order chi connectivity index (χ1) is 17.4. The normalized spacial score (nSPS) is 21.9. The second-order valence-electron chi connectivity index (χ2n) is 10.4. The fourth-order valence-electron chi connectivity index (χ4n) is 5.68. The van der Waals surface area contributed by atoms with Crippen molar-refractivity contribution in [3.05, 3.63) is 64.9 Å². The van der Waals surface area contributed by atoms with Crippen LogP contribution < -0.4 is 4.74 Å². The summed E-state index contributed by atoms with van der Waals surface area (Å²) in [6.45, 7) is 6.44. The van der Waals surface area contributed by atoms with Crippen molar-refractivity contribution >= 4 is 10.9 Å². The molecule has 0 bridgehead atoms. The number of alkyl halides is 1. The molecule has 8 heteroatoms. The highest BCUT2D eigenvalue weighted by atomic mass is 19.1. The van der Waals surface area contributed by atoms with Crippen molar-refractivity contribution in [3.8, 4) is 5.75 Å². The van der Waals surface area contributed by atoms with Gasteiger partial charge in [0, 0.05) is 79.0 Å². The van der Waals surface area contributed by atoms with Crippen molar-refractivity contribution in [2.45, 2.75) is 32.4 Å². The number of aliphatic hydroxyl groups is 1. The number of aliphatic hydroxyl groups excluding tert-OH is 1. The Morgan fingerprint density at radius 3 is 2.58 bits per heavy atom. The summed E-state index contributed by atoms with van der Waals surface area (Å²) in [7, 11) is 0. The monoisotopic (exact) mass is 501 g/mol. The van der Waals surface area contributed by atoms with Crippen LogP contribution in [0.25, 0.3) is 10.9 Å². The maximum atomic E-state index is 15.7. The molecule has 2 N–H and O–H groups in total. The van der Waals surface area contributed by atoms with Crippen LogP contribution in [0.4, 0.5) is 13.2 Å². The molecule has 5 nitrogen and oxygen atoms in total. The highest BCUT2D eigenvalue weighted by Crippen LogP contribution is 2.43. The van der Waals surface area contributed by atoms with Gasteiger partial charge in [0.2, 0.25) is 0 Å². The zero-order chi connectivity index (χ0) is 25.4. The van der Waals surface area contributed by atoms with Crippen molar-refractivity contribution in [2.24, 2.45) is 11.8 Å². The van der Waals surface area contributed by atoms with E-state index in [1.54, 1.807) is 0 Å². The molecule has 2 aromatic carbocycles. The summed E-state index contributed by atoms with van der Waals surface area (Å²) < 4.78 is 49.6. The lowest BCUT2D eigenvalue weighted by Gasteiger charge is -2.42. The van der Waals surface area contributed by atoms with E-state index in [0.29, 0.717) is 26.2 Å². The average Bonchev–Trinajstić information content (AvgIpc) is 3.19. The number of fused-ring (bicyclic) bond motifs is 3. The average molecular weight is 502 g/mol. The lowest BCUT2D eigenvalue weighted by Crippen LogP contribution is -2.49. The molecule has 1 fully saturated rings. The molecular formula is C28H34F3N3O2. The number of ether oxygens (including phenoxy) is 1. The number of aromatic amines is 1. The maximum Gasteiger partial charge on any atom is 0.135 e. The minimum absolute atomic E-state index is 0.00364. The van der Waals surface area contributed by atoms with Gasteiger partial charge in [-0.2, -0.15) is 0 Å². The highest BCUT2D eigenvalue weighted by Gasteiger charge is 2.39. The smallest absolute Gasteiger partial charge is 0.135 e. The van der Waals surface area contributed by atoms with Gasteiger partial charge in [0.25, 0.3) is 0 Å². The highest BCUT2D eigenvalue weighted by molar-refractivity contribution is 5.85. The van der Waals surface area contributed by atoms with Gasteiger partial charge in [-0.3, -0.25) is 14.2 Å². The van der Waals surface area contributed by atoms with E-state index in [1.165, 1.54) is 12.1 Å². The number of hydrogen-bond acceptors (Lipinski definition) is 4. The van der Waals surface area contributed by atoms with E-state index in [4.69, 9.17) is 4.74 Å². The molecule has 1 aromatic heterocycles. The number of para-hydroxylation sites is 1. The van der Waals surface area contributed by atoms with Crippen LogP contribution in [0, 0.1) is 23.5 Å². The number of rotatable bonds is 9. The number of benzene rings is 2. The van der Waals surface area contributed by atoms with Gasteiger partial charge in [-0.15, -0.1) is 0 Å². The third-order valence-corrected chi connectivity index (χ3v) is 7.60. The standard InChI is InChI=1S/C28H34F3N3O2/c1-17(16-35)13-34-18(2)9-22-21-5-3-4-6-25(21)32-27(22)28(34)26-23(30)10-20(11-24(26)31)36-8-7-33-14-19(12-29)15-33/h3-6,10-11,17-19,28,32,35H,7-9,12-16H2,1-2H3/t17-,18+,28+/m0/s1. The van der Waals surface area contributed by atoms with Crippen LogP contribution in [-0.2, 0) is 6.42 Å². The van der Waals surface area contributed by atoms with Gasteiger partial charge in [0.05, 0.1) is 12.7 Å². The van der Waals surface area contributed by atoms with Gasteiger partial charge in [-0.05, 0) is 30.9 Å². The Morgan fingerprint density at radius 1 is 1.17 bits per heavy atom. The molecule has 2 aliphatic rings. The first kappa shape index (κ1) is 25.1. The van der Waals surface area contributed by atoms with Gasteiger partial charge >= 0.3 is 0 Å². The zero-order valence-electron chi connectivity index (χ0n) is 20.8. The minimum Gasteiger partial charge on any atom is -0.492 e. The first-order valence-electron chi connectivity index (χ1n) is 12.8. The molecule has 1 saturated heterocycles. The van der Waals surface area contributed by atoms with Crippen molar-refractivity contribution < 1.29 is 23.0 Å². The molecule has 5 rings (SSSR count). The van der Waals surface area contributed by atoms with Crippen LogP contribution in [-0.4, -0.2) is 72.0 Å². The second-order valence-corrected chi connectivity index (χ2v) is 10.4. The van der Waals surface area contributed by atoms with Gasteiger partial charge < -0.3 is 14.8 Å². The van der Waals surface area contributed by atoms with Gasteiger partial charge in [0.1, 0.15) is 24.0 Å². The van der Waals surface area contributed by atoms with Crippen LogP contribution in [0.3, 0.4) is 0 Å². The quantitative estimate of drug-likeness (QED) is 0.447. The Kier molecular flexibility index (Phi) is 7.28. The van der Waals surface area contributed by atoms with E-state index >= 15 is 8.78 Å². The van der Waals surface area contributed by atoms with E-state index in [0.717, 1.165) is 28.6 Å². The molecule has 0 unspecified atom stereocenters. The number of likely N-dealkylation sites (tertiary alicyclic amines) is 1. The summed E-state index contributed by atoms with van der Waals surface area (Å²) in [6, 6.07) is 9.82. The van der Waals surface area contributed by atoms with Gasteiger partial charge in [-0.25, -0.2) is 8.78 Å². The molecule has 0 spiro atoms. The summed E-state index contributed by atoms with van der Waals surface area (Å²) in [5.41, 5.74) is 2.81. The van der Waals surface area contributed by atoms with Crippen molar-refractivity contribution in [3.63, 3.8) is 0 Å². The Balaban J connectivity index is 1.46. The van der Waals surface area contributed by atoms with Crippen LogP contribution in [0.2, 0.25) is 0 Å². The van der Waals surface area contributed by atoms with Crippen LogP contribution in [0.15, 0.2) is 36.4 Å². The molecular weight excluding hydrogens is 467 g/mol. The molecule has 2 aliphatic heterocycles. The predicted octanol–water partition coefficient (Wildman–Crippen LogP) is 4.69. The van der Waals surface area contributed by atoms with Crippen molar-refractivity contribution in [1.29, 1.82) is 0 Å². The van der Waals surface area contributed by atoms with E-state index < -0.39 is 17.7 Å². The molecule has 36 heavy (non-hydrogen) atoms. The Labute approximate surface area is 209 Å². The fraction of sp³-hybridized carbons (Fsp3) is 0.500. The Morgan fingerprint density at radius 2 is 1.89 bits per heavy atom. The molecule has 0 saturated carbocycles. The maximum absolute atomic E-state index is 15.7. The predicted molar refractivity (Wildman–Crippen MR) is 134 cm³/mol. The number of nitrogens with zero attached hydrogens (tertiary/aromatic N) is 2. The van der Waals surface area contributed by atoms with Gasteiger partial charge in [-0.1, -0.05) is 25.1 Å². The van der Waals surface area contributed by atoms with E-state index in [2.05, 4.69) is 21.7 Å². The van der Waals surface area contributed by atoms with Crippen LogP contribution in [0.5, 0.6) is 5.75 Å². The summed E-state index contributed by atoms with van der Waals surface area (Å²) in [5.74, 6) is -1.13. The zero-order valence-corrected chi connectivity index (χ0v) is 20.8. The number of nitrogens with one attached hydrogen (secondary N) is 1. The van der Waals surface area contributed by atoms with Crippen molar-refractivity contribution in [2.75, 3.05) is 46.1 Å². The summed E-state index contributed by atoms with van der Waals surface area (Å²) in [6.07, 6.45) is 0.748. The number of aromatic nitrogens is 1. The third kappa shape index (κ3) is 4.74. The Hall–Kier alpha value is -2.55. The number of halogens is 3. The molecule has 3 heterocycles. The largest absolute Gasteiger partial charge is 0.492 e. The third-order valence-electron chi connectivity index (χ3n) is 7.60. The minimum atomic E-state index is -0.656. The molecule has 3 aromatic rings. The summed E-state index contributed by atoms with van der Waals surface area (Å²) in [4.78, 5) is 7.59. The molecule has 0 aliphatic carbocycles. The van der Waals surface area contributed by atoms with Crippen LogP contribution in [0.1, 0.15) is 36.7 Å². The number of H-pyrrole nitrogens is 1. The van der Waals surface area contributed by atoms with E-state index in [1.807, 2.05) is 31.2 Å². The first-order valence-corrected chi connectivity index (χ1v) is 12.8. The lowest BCUT2D eigenvalue weighted by atomic mass is 9.87.